The van der Waals surface area contributed by atoms with Gasteiger partial charge in [0.25, 0.3) is 0 Å². The number of para-hydroxylation sites is 1. The third-order valence-corrected chi connectivity index (χ3v) is 6.43. The zero-order valence-corrected chi connectivity index (χ0v) is 19.4. The average molecular weight is 442 g/mol. The van der Waals surface area contributed by atoms with E-state index in [2.05, 4.69) is 40.4 Å². The fraction of sp³-hybridized carbons (Fsp3) is 0.370. The Hall–Kier alpha value is -3.43. The van der Waals surface area contributed by atoms with Crippen LogP contribution < -0.4 is 4.90 Å². The normalized spacial score (nSPS) is 16.7. The van der Waals surface area contributed by atoms with Gasteiger partial charge in [-0.25, -0.2) is 4.98 Å². The Morgan fingerprint density at radius 1 is 1.12 bits per heavy atom. The minimum atomic E-state index is 0.141. The molecule has 1 aromatic heterocycles. The van der Waals surface area contributed by atoms with Crippen LogP contribution in [0.2, 0.25) is 0 Å². The van der Waals surface area contributed by atoms with Gasteiger partial charge in [0.2, 0.25) is 5.91 Å². The molecule has 1 atom stereocenters. The summed E-state index contributed by atoms with van der Waals surface area (Å²) in [5.74, 6) is 1.10. The van der Waals surface area contributed by atoms with Crippen molar-refractivity contribution in [3.05, 3.63) is 83.4 Å². The smallest absolute Gasteiger partial charge is 0.241 e. The zero-order valence-electron chi connectivity index (χ0n) is 19.4. The van der Waals surface area contributed by atoms with Crippen molar-refractivity contribution < 1.29 is 4.79 Å². The Morgan fingerprint density at radius 3 is 2.64 bits per heavy atom. The average Bonchev–Trinajstić information content (AvgIpc) is 3.26. The summed E-state index contributed by atoms with van der Waals surface area (Å²) in [7, 11) is 0. The number of aromatic nitrogens is 2. The summed E-state index contributed by atoms with van der Waals surface area (Å²) in [4.78, 5) is 22.1. The van der Waals surface area contributed by atoms with Gasteiger partial charge in [-0.1, -0.05) is 50.1 Å². The van der Waals surface area contributed by atoms with E-state index in [9.17, 15) is 4.79 Å². The maximum atomic E-state index is 13.2. The van der Waals surface area contributed by atoms with E-state index in [4.69, 9.17) is 5.26 Å². The molecule has 0 N–H and O–H groups in total. The minimum Gasteiger partial charge on any atom is -0.329 e. The quantitative estimate of drug-likeness (QED) is 0.516. The first kappa shape index (κ1) is 22.8. The van der Waals surface area contributed by atoms with E-state index >= 15 is 0 Å². The van der Waals surface area contributed by atoms with Gasteiger partial charge in [-0.05, 0) is 42.7 Å². The lowest BCUT2D eigenvalue weighted by molar-refractivity contribution is -0.122. The highest BCUT2D eigenvalue weighted by Crippen LogP contribution is 2.26. The predicted molar refractivity (Wildman–Crippen MR) is 130 cm³/mol. The number of aryl methyl sites for hydroxylation is 1. The molecule has 0 saturated carbocycles. The van der Waals surface area contributed by atoms with Crippen molar-refractivity contribution in [3.63, 3.8) is 0 Å². The molecular formula is C27H31N5O. The van der Waals surface area contributed by atoms with Gasteiger partial charge < -0.3 is 9.47 Å². The second-order valence-electron chi connectivity index (χ2n) is 8.77. The summed E-state index contributed by atoms with van der Waals surface area (Å²) >= 11 is 0. The Kier molecular flexibility index (Phi) is 7.21. The van der Waals surface area contributed by atoms with E-state index in [-0.39, 0.29) is 5.91 Å². The molecule has 0 aliphatic carbocycles. The van der Waals surface area contributed by atoms with Crippen LogP contribution >= 0.6 is 0 Å². The van der Waals surface area contributed by atoms with Crippen molar-refractivity contribution in [2.75, 3.05) is 18.0 Å². The van der Waals surface area contributed by atoms with E-state index in [0.29, 0.717) is 37.8 Å². The molecule has 1 fully saturated rings. The topological polar surface area (TPSA) is 65.2 Å². The number of nitrogens with zero attached hydrogens (tertiary/aromatic N) is 5. The molecule has 1 aliphatic rings. The number of rotatable bonds is 8. The SMILES string of the molecule is CCCC[C@H]1CN(c2ccccc2C)C(=O)CN1Cc1nccn1Cc1ccc(C#N)cc1. The van der Waals surface area contributed by atoms with Crippen LogP contribution in [-0.2, 0) is 17.9 Å². The lowest BCUT2D eigenvalue weighted by atomic mass is 10.0. The van der Waals surface area contributed by atoms with Crippen LogP contribution in [0.5, 0.6) is 0 Å². The molecule has 1 saturated heterocycles. The number of hydrogen-bond donors (Lipinski definition) is 0. The van der Waals surface area contributed by atoms with Gasteiger partial charge in [0.05, 0.1) is 24.7 Å². The lowest BCUT2D eigenvalue weighted by Gasteiger charge is -2.41. The van der Waals surface area contributed by atoms with Crippen molar-refractivity contribution in [1.29, 1.82) is 5.26 Å². The number of carbonyl (C=O) groups excluding carboxylic acids is 1. The van der Waals surface area contributed by atoms with Gasteiger partial charge in [-0.2, -0.15) is 5.26 Å². The highest BCUT2D eigenvalue weighted by molar-refractivity contribution is 5.96. The standard InChI is InChI=1S/C27H31N5O/c1-3-4-8-24-18-32(25-9-6-5-7-21(25)2)27(33)20-31(24)19-26-29-14-15-30(26)17-23-12-10-22(16-28)11-13-23/h5-7,9-15,24H,3-4,8,17-20H2,1-2H3/t24-/m0/s1. The largest absolute Gasteiger partial charge is 0.329 e. The van der Waals surface area contributed by atoms with E-state index in [1.807, 2.05) is 59.8 Å². The first-order valence-corrected chi connectivity index (χ1v) is 11.7. The number of piperazine rings is 1. The lowest BCUT2D eigenvalue weighted by Crippen LogP contribution is -2.56. The molecule has 3 aromatic rings. The first-order valence-electron chi connectivity index (χ1n) is 11.7. The molecule has 0 radical (unpaired) electrons. The van der Waals surface area contributed by atoms with E-state index in [1.54, 1.807) is 0 Å². The molecule has 170 valence electrons. The van der Waals surface area contributed by atoms with Crippen LogP contribution in [0.1, 0.15) is 48.7 Å². The fourth-order valence-corrected chi connectivity index (χ4v) is 4.51. The number of carbonyl (C=O) groups is 1. The number of nitriles is 1. The van der Waals surface area contributed by atoms with Gasteiger partial charge in [0, 0.05) is 37.2 Å². The summed E-state index contributed by atoms with van der Waals surface area (Å²) in [5.41, 5.74) is 3.93. The molecule has 1 aliphatic heterocycles. The van der Waals surface area contributed by atoms with Gasteiger partial charge in [-0.15, -0.1) is 0 Å². The van der Waals surface area contributed by atoms with Gasteiger partial charge in [-0.3, -0.25) is 9.69 Å². The summed E-state index contributed by atoms with van der Waals surface area (Å²) < 4.78 is 2.14. The Balaban J connectivity index is 1.51. The molecule has 0 bridgehead atoms. The van der Waals surface area contributed by atoms with Crippen molar-refractivity contribution in [1.82, 2.24) is 14.5 Å². The molecule has 2 aromatic carbocycles. The summed E-state index contributed by atoms with van der Waals surface area (Å²) in [5, 5.41) is 9.02. The van der Waals surface area contributed by atoms with Gasteiger partial charge in [0.15, 0.2) is 0 Å². The molecule has 1 amide bonds. The van der Waals surface area contributed by atoms with Crippen molar-refractivity contribution in [2.45, 2.75) is 52.2 Å². The highest BCUT2D eigenvalue weighted by atomic mass is 16.2. The molecule has 4 rings (SSSR count). The monoisotopic (exact) mass is 441 g/mol. The number of imidazole rings is 1. The Labute approximate surface area is 196 Å². The number of anilines is 1. The van der Waals surface area contributed by atoms with E-state index in [0.717, 1.165) is 41.9 Å². The maximum Gasteiger partial charge on any atom is 0.241 e. The summed E-state index contributed by atoms with van der Waals surface area (Å²) in [6.45, 7) is 6.72. The Bertz CT molecular complexity index is 1130. The van der Waals surface area contributed by atoms with E-state index < -0.39 is 0 Å². The number of benzene rings is 2. The van der Waals surface area contributed by atoms with Crippen LogP contribution in [-0.4, -0.2) is 39.5 Å². The summed E-state index contributed by atoms with van der Waals surface area (Å²) in [6, 6.07) is 18.2. The van der Waals surface area contributed by atoms with Crippen molar-refractivity contribution >= 4 is 11.6 Å². The molecule has 2 heterocycles. The van der Waals surface area contributed by atoms with Crippen molar-refractivity contribution in [2.24, 2.45) is 0 Å². The van der Waals surface area contributed by atoms with Crippen LogP contribution in [0, 0.1) is 18.3 Å². The van der Waals surface area contributed by atoms with E-state index in [1.165, 1.54) is 0 Å². The van der Waals surface area contributed by atoms with Crippen LogP contribution in [0.25, 0.3) is 0 Å². The maximum absolute atomic E-state index is 13.2. The van der Waals surface area contributed by atoms with Crippen LogP contribution in [0.3, 0.4) is 0 Å². The molecule has 6 heteroatoms. The molecule has 6 nitrogen and oxygen atoms in total. The second-order valence-corrected chi connectivity index (χ2v) is 8.77. The zero-order chi connectivity index (χ0) is 23.2. The van der Waals surface area contributed by atoms with Crippen molar-refractivity contribution in [3.8, 4) is 6.07 Å². The van der Waals surface area contributed by atoms with Gasteiger partial charge >= 0.3 is 0 Å². The molecule has 0 unspecified atom stereocenters. The summed E-state index contributed by atoms with van der Waals surface area (Å²) in [6.07, 6.45) is 7.14. The Morgan fingerprint density at radius 2 is 1.91 bits per heavy atom. The third kappa shape index (κ3) is 5.32. The first-order chi connectivity index (χ1) is 16.1. The highest BCUT2D eigenvalue weighted by Gasteiger charge is 2.33. The predicted octanol–water partition coefficient (Wildman–Crippen LogP) is 4.52. The van der Waals surface area contributed by atoms with Gasteiger partial charge in [0.1, 0.15) is 5.82 Å². The molecule has 0 spiro atoms. The minimum absolute atomic E-state index is 0.141. The van der Waals surface area contributed by atoms with Crippen LogP contribution in [0.15, 0.2) is 60.9 Å². The molecule has 33 heavy (non-hydrogen) atoms. The number of unbranched alkanes of at least 4 members (excludes halogenated alkanes) is 1. The molecular weight excluding hydrogens is 410 g/mol. The fourth-order valence-electron chi connectivity index (χ4n) is 4.51. The third-order valence-electron chi connectivity index (χ3n) is 6.43. The number of hydrogen-bond acceptors (Lipinski definition) is 4. The number of amides is 1. The van der Waals surface area contributed by atoms with Crippen LogP contribution in [0.4, 0.5) is 5.69 Å². The second kappa shape index (κ2) is 10.5.